The minimum Gasteiger partial charge on any atom is -0.326 e. The monoisotopic (exact) mass is 325 g/mol. The third-order valence-electron chi connectivity index (χ3n) is 3.23. The molecule has 0 aliphatic heterocycles. The topological polar surface area (TPSA) is 71.1 Å². The Hall–Kier alpha value is -2.73. The van der Waals surface area contributed by atoms with E-state index in [1.807, 2.05) is 25.1 Å². The van der Waals surface area contributed by atoms with Gasteiger partial charge in [-0.05, 0) is 48.9 Å². The van der Waals surface area contributed by atoms with Crippen LogP contribution in [0.5, 0.6) is 0 Å². The van der Waals surface area contributed by atoms with E-state index in [9.17, 15) is 9.59 Å². The van der Waals surface area contributed by atoms with Gasteiger partial charge in [0.1, 0.15) is 0 Å². The van der Waals surface area contributed by atoms with Gasteiger partial charge in [0.25, 0.3) is 5.91 Å². The molecule has 0 saturated heterocycles. The summed E-state index contributed by atoms with van der Waals surface area (Å²) in [6.07, 6.45) is 0. The normalized spacial score (nSPS) is 10.5. The van der Waals surface area contributed by atoms with Crippen LogP contribution in [0.3, 0.4) is 0 Å². The highest BCUT2D eigenvalue weighted by Crippen LogP contribution is 2.27. The number of hydrogen-bond donors (Lipinski definition) is 2. The Morgan fingerprint density at radius 1 is 1.04 bits per heavy atom. The standard InChI is InChI=1S/C17H15N3O2S/c1-10-3-8-14-15(9-10)23-17(19-14)20-16(22)12-4-6-13(7-5-12)18-11(2)21/h3-9H,1-2H3,(H,18,21)(H,19,20,22). The first kappa shape index (κ1) is 15.2. The minimum absolute atomic E-state index is 0.146. The van der Waals surface area contributed by atoms with Crippen molar-refractivity contribution in [1.29, 1.82) is 0 Å². The molecule has 3 aromatic rings. The van der Waals surface area contributed by atoms with Crippen molar-refractivity contribution in [3.05, 3.63) is 53.6 Å². The zero-order valence-corrected chi connectivity index (χ0v) is 13.5. The van der Waals surface area contributed by atoms with Gasteiger partial charge in [-0.3, -0.25) is 14.9 Å². The first-order valence-corrected chi connectivity index (χ1v) is 7.89. The van der Waals surface area contributed by atoms with E-state index in [1.54, 1.807) is 24.3 Å². The number of rotatable bonds is 3. The van der Waals surface area contributed by atoms with E-state index in [-0.39, 0.29) is 11.8 Å². The molecule has 6 heteroatoms. The number of benzene rings is 2. The summed E-state index contributed by atoms with van der Waals surface area (Å²) in [7, 11) is 0. The van der Waals surface area contributed by atoms with E-state index in [4.69, 9.17) is 0 Å². The molecule has 0 bridgehead atoms. The SMILES string of the molecule is CC(=O)Nc1ccc(C(=O)Nc2nc3ccc(C)cc3s2)cc1. The lowest BCUT2D eigenvalue weighted by Crippen LogP contribution is -2.12. The van der Waals surface area contributed by atoms with Crippen molar-refractivity contribution < 1.29 is 9.59 Å². The van der Waals surface area contributed by atoms with Crippen molar-refractivity contribution in [2.45, 2.75) is 13.8 Å². The van der Waals surface area contributed by atoms with E-state index in [2.05, 4.69) is 15.6 Å². The molecule has 0 atom stereocenters. The fraction of sp³-hybridized carbons (Fsp3) is 0.118. The number of nitrogens with zero attached hydrogens (tertiary/aromatic N) is 1. The second-order valence-electron chi connectivity index (χ2n) is 5.20. The zero-order valence-electron chi connectivity index (χ0n) is 12.7. The Balaban J connectivity index is 1.75. The number of fused-ring (bicyclic) bond motifs is 1. The van der Waals surface area contributed by atoms with Crippen LogP contribution in [0.4, 0.5) is 10.8 Å². The molecule has 2 amide bonds. The van der Waals surface area contributed by atoms with Gasteiger partial charge in [0.2, 0.25) is 5.91 Å². The molecule has 0 saturated carbocycles. The van der Waals surface area contributed by atoms with Gasteiger partial charge in [0.15, 0.2) is 5.13 Å². The van der Waals surface area contributed by atoms with E-state index < -0.39 is 0 Å². The van der Waals surface area contributed by atoms with Gasteiger partial charge in [-0.15, -0.1) is 0 Å². The summed E-state index contributed by atoms with van der Waals surface area (Å²) in [5, 5.41) is 6.04. The molecule has 5 nitrogen and oxygen atoms in total. The lowest BCUT2D eigenvalue weighted by atomic mass is 10.2. The Bertz CT molecular complexity index is 884. The lowest BCUT2D eigenvalue weighted by molar-refractivity contribution is -0.114. The smallest absolute Gasteiger partial charge is 0.257 e. The van der Waals surface area contributed by atoms with Crippen LogP contribution in [-0.4, -0.2) is 16.8 Å². The number of thiazole rings is 1. The molecule has 0 aliphatic carbocycles. The molecule has 0 fully saturated rings. The second kappa shape index (κ2) is 6.18. The van der Waals surface area contributed by atoms with Crippen LogP contribution >= 0.6 is 11.3 Å². The summed E-state index contributed by atoms with van der Waals surface area (Å²) in [6, 6.07) is 12.7. The molecule has 0 aliphatic rings. The minimum atomic E-state index is -0.227. The van der Waals surface area contributed by atoms with Crippen molar-refractivity contribution in [1.82, 2.24) is 4.98 Å². The summed E-state index contributed by atoms with van der Waals surface area (Å²) in [6.45, 7) is 3.46. The van der Waals surface area contributed by atoms with E-state index >= 15 is 0 Å². The summed E-state index contributed by atoms with van der Waals surface area (Å²) in [5.74, 6) is -0.373. The highest BCUT2D eigenvalue weighted by molar-refractivity contribution is 7.22. The largest absolute Gasteiger partial charge is 0.326 e. The zero-order chi connectivity index (χ0) is 16.4. The molecule has 3 rings (SSSR count). The maximum atomic E-state index is 12.3. The van der Waals surface area contributed by atoms with Gasteiger partial charge in [-0.1, -0.05) is 17.4 Å². The van der Waals surface area contributed by atoms with Crippen molar-refractivity contribution in [2.24, 2.45) is 0 Å². The third kappa shape index (κ3) is 3.54. The Morgan fingerprint density at radius 3 is 2.48 bits per heavy atom. The summed E-state index contributed by atoms with van der Waals surface area (Å²) in [5.41, 5.74) is 3.20. The number of hydrogen-bond acceptors (Lipinski definition) is 4. The number of amides is 2. The average molecular weight is 325 g/mol. The van der Waals surface area contributed by atoms with Crippen LogP contribution in [0.25, 0.3) is 10.2 Å². The first-order valence-electron chi connectivity index (χ1n) is 7.07. The Morgan fingerprint density at radius 2 is 1.78 bits per heavy atom. The van der Waals surface area contributed by atoms with Crippen LogP contribution in [0.2, 0.25) is 0 Å². The molecule has 2 N–H and O–H groups in total. The van der Waals surface area contributed by atoms with Crippen LogP contribution in [0.15, 0.2) is 42.5 Å². The Labute approximate surface area is 137 Å². The molecular weight excluding hydrogens is 310 g/mol. The first-order chi connectivity index (χ1) is 11.0. The predicted octanol–water partition coefficient (Wildman–Crippen LogP) is 3.82. The molecule has 116 valence electrons. The molecule has 0 spiro atoms. The average Bonchev–Trinajstić information content (AvgIpc) is 2.88. The van der Waals surface area contributed by atoms with Gasteiger partial charge in [0, 0.05) is 18.2 Å². The van der Waals surface area contributed by atoms with Gasteiger partial charge < -0.3 is 5.32 Å². The fourth-order valence-corrected chi connectivity index (χ4v) is 3.12. The highest BCUT2D eigenvalue weighted by Gasteiger charge is 2.10. The van der Waals surface area contributed by atoms with Crippen molar-refractivity contribution in [2.75, 3.05) is 10.6 Å². The van der Waals surface area contributed by atoms with Gasteiger partial charge in [-0.25, -0.2) is 4.98 Å². The number of anilines is 2. The van der Waals surface area contributed by atoms with Gasteiger partial charge in [-0.2, -0.15) is 0 Å². The summed E-state index contributed by atoms with van der Waals surface area (Å²) < 4.78 is 1.04. The molecule has 1 heterocycles. The number of aryl methyl sites for hydroxylation is 1. The number of nitrogens with one attached hydrogen (secondary N) is 2. The molecule has 2 aromatic carbocycles. The fourth-order valence-electron chi connectivity index (χ4n) is 2.16. The second-order valence-corrected chi connectivity index (χ2v) is 6.23. The third-order valence-corrected chi connectivity index (χ3v) is 4.17. The molecule has 1 aromatic heterocycles. The van der Waals surface area contributed by atoms with Gasteiger partial charge in [0.05, 0.1) is 10.2 Å². The van der Waals surface area contributed by atoms with E-state index in [1.165, 1.54) is 18.3 Å². The molecule has 0 radical (unpaired) electrons. The van der Waals surface area contributed by atoms with Crippen LogP contribution in [0.1, 0.15) is 22.8 Å². The maximum absolute atomic E-state index is 12.3. The van der Waals surface area contributed by atoms with Crippen molar-refractivity contribution in [3.8, 4) is 0 Å². The molecule has 23 heavy (non-hydrogen) atoms. The van der Waals surface area contributed by atoms with Gasteiger partial charge >= 0.3 is 0 Å². The molecule has 0 unspecified atom stereocenters. The maximum Gasteiger partial charge on any atom is 0.257 e. The van der Waals surface area contributed by atoms with Crippen molar-refractivity contribution >= 4 is 44.2 Å². The summed E-state index contributed by atoms with van der Waals surface area (Å²) >= 11 is 1.45. The van der Waals surface area contributed by atoms with Crippen molar-refractivity contribution in [3.63, 3.8) is 0 Å². The van der Waals surface area contributed by atoms with Crippen LogP contribution < -0.4 is 10.6 Å². The quantitative estimate of drug-likeness (QED) is 0.769. The van der Waals surface area contributed by atoms with E-state index in [0.717, 1.165) is 15.8 Å². The van der Waals surface area contributed by atoms with Crippen LogP contribution in [0, 0.1) is 6.92 Å². The number of carbonyl (C=O) groups excluding carboxylic acids is 2. The lowest BCUT2D eigenvalue weighted by Gasteiger charge is -2.04. The number of aromatic nitrogens is 1. The Kier molecular flexibility index (Phi) is 4.08. The van der Waals surface area contributed by atoms with Crippen LogP contribution in [-0.2, 0) is 4.79 Å². The van der Waals surface area contributed by atoms with E-state index in [0.29, 0.717) is 16.4 Å². The number of carbonyl (C=O) groups is 2. The summed E-state index contributed by atoms with van der Waals surface area (Å²) in [4.78, 5) is 27.7. The highest BCUT2D eigenvalue weighted by atomic mass is 32.1. The molecular formula is C17H15N3O2S. The predicted molar refractivity (Wildman–Crippen MR) is 93.1 cm³/mol.